The van der Waals surface area contributed by atoms with Crippen LogP contribution in [0.1, 0.15) is 5.69 Å². The number of ether oxygens (including phenoxy) is 1. The van der Waals surface area contributed by atoms with Gasteiger partial charge in [-0.25, -0.2) is 0 Å². The van der Waals surface area contributed by atoms with Crippen molar-refractivity contribution in [2.45, 2.75) is 6.61 Å². The molecule has 0 aliphatic rings. The second-order valence-corrected chi connectivity index (χ2v) is 2.85. The van der Waals surface area contributed by atoms with Gasteiger partial charge in [0, 0.05) is 6.07 Å². The Bertz CT molecular complexity index is 405. The maximum Gasteiger partial charge on any atom is 0.234 e. The van der Waals surface area contributed by atoms with Crippen molar-refractivity contribution in [2.75, 3.05) is 0 Å². The summed E-state index contributed by atoms with van der Waals surface area (Å²) in [6.07, 6.45) is 4.39. The van der Waals surface area contributed by atoms with Crippen LogP contribution < -0.4 is 4.74 Å². The van der Waals surface area contributed by atoms with Gasteiger partial charge in [-0.1, -0.05) is 16.8 Å². The molecule has 0 aliphatic carbocycles. The second kappa shape index (κ2) is 4.06. The number of hydrogen-bond acceptors (Lipinski definition) is 5. The minimum Gasteiger partial charge on any atom is -0.470 e. The number of rotatable bonds is 3. The first-order chi connectivity index (χ1) is 6.84. The van der Waals surface area contributed by atoms with E-state index >= 15 is 0 Å². The summed E-state index contributed by atoms with van der Waals surface area (Å²) < 4.78 is 9.89. The van der Waals surface area contributed by atoms with E-state index in [1.165, 1.54) is 18.7 Å². The van der Waals surface area contributed by atoms with Gasteiger partial charge in [-0.15, -0.1) is 0 Å². The van der Waals surface area contributed by atoms with Crippen LogP contribution in [0.2, 0.25) is 5.15 Å². The van der Waals surface area contributed by atoms with Crippen LogP contribution in [0.3, 0.4) is 0 Å². The minimum atomic E-state index is 0.283. The van der Waals surface area contributed by atoms with Crippen LogP contribution in [-0.4, -0.2) is 15.1 Å². The fourth-order valence-corrected chi connectivity index (χ4v) is 0.995. The average molecular weight is 212 g/mol. The molecule has 2 rings (SSSR count). The monoisotopic (exact) mass is 211 g/mol. The molecule has 0 saturated heterocycles. The molecule has 2 aromatic rings. The van der Waals surface area contributed by atoms with E-state index in [0.29, 0.717) is 16.7 Å². The Kier molecular flexibility index (Phi) is 2.60. The predicted molar refractivity (Wildman–Crippen MR) is 47.9 cm³/mol. The molecule has 14 heavy (non-hydrogen) atoms. The van der Waals surface area contributed by atoms with Gasteiger partial charge in [-0.2, -0.15) is 4.98 Å². The number of nitrogens with zero attached hydrogens (tertiary/aromatic N) is 3. The molecule has 0 atom stereocenters. The molecule has 0 N–H and O–H groups in total. The molecule has 0 unspecified atom stereocenters. The number of hydrogen-bond donors (Lipinski definition) is 0. The molecular formula is C8H6ClN3O2. The topological polar surface area (TPSA) is 61.0 Å². The normalized spacial score (nSPS) is 10.1. The lowest BCUT2D eigenvalue weighted by atomic mass is 10.5. The second-order valence-electron chi connectivity index (χ2n) is 2.46. The summed E-state index contributed by atoms with van der Waals surface area (Å²) in [6, 6.07) is 1.71. The first-order valence-corrected chi connectivity index (χ1v) is 4.22. The molecule has 0 aliphatic heterocycles. The van der Waals surface area contributed by atoms with Gasteiger partial charge in [0.1, 0.15) is 18.6 Å². The predicted octanol–water partition coefficient (Wildman–Crippen LogP) is 1.70. The average Bonchev–Trinajstić information content (AvgIpc) is 2.67. The van der Waals surface area contributed by atoms with Crippen molar-refractivity contribution in [3.05, 3.63) is 35.6 Å². The third kappa shape index (κ3) is 2.20. The highest BCUT2D eigenvalue weighted by Gasteiger charge is 2.00. The highest BCUT2D eigenvalue weighted by Crippen LogP contribution is 2.10. The molecule has 0 bridgehead atoms. The summed E-state index contributed by atoms with van der Waals surface area (Å²) in [5, 5.41) is 3.97. The molecule has 0 radical (unpaired) electrons. The first-order valence-electron chi connectivity index (χ1n) is 3.84. The Morgan fingerprint density at radius 3 is 3.07 bits per heavy atom. The van der Waals surface area contributed by atoms with Crippen molar-refractivity contribution < 1.29 is 9.26 Å². The lowest BCUT2D eigenvalue weighted by molar-refractivity contribution is 0.277. The van der Waals surface area contributed by atoms with Crippen LogP contribution in [0.15, 0.2) is 29.2 Å². The fourth-order valence-electron chi connectivity index (χ4n) is 0.855. The standard InChI is InChI=1S/C8H6ClN3O2/c9-7-3-10-4-8(11-7)13-5-6-1-2-14-12-6/h1-4H,5H2. The number of aromatic nitrogens is 3. The highest BCUT2D eigenvalue weighted by molar-refractivity contribution is 6.29. The van der Waals surface area contributed by atoms with Crippen LogP contribution in [0.4, 0.5) is 0 Å². The van der Waals surface area contributed by atoms with Gasteiger partial charge in [0.25, 0.3) is 0 Å². The summed E-state index contributed by atoms with van der Waals surface area (Å²) in [4.78, 5) is 7.72. The van der Waals surface area contributed by atoms with E-state index in [1.54, 1.807) is 6.07 Å². The molecule has 2 heterocycles. The van der Waals surface area contributed by atoms with Crippen molar-refractivity contribution in [1.29, 1.82) is 0 Å². The molecule has 5 nitrogen and oxygen atoms in total. The van der Waals surface area contributed by atoms with E-state index in [0.717, 1.165) is 0 Å². The third-order valence-corrected chi connectivity index (χ3v) is 1.62. The van der Waals surface area contributed by atoms with Crippen molar-refractivity contribution in [2.24, 2.45) is 0 Å². The molecule has 72 valence electrons. The quantitative estimate of drug-likeness (QED) is 0.773. The molecule has 6 heteroatoms. The Hall–Kier alpha value is -1.62. The zero-order valence-corrected chi connectivity index (χ0v) is 7.81. The highest BCUT2D eigenvalue weighted by atomic mass is 35.5. The van der Waals surface area contributed by atoms with Crippen LogP contribution in [0.25, 0.3) is 0 Å². The SMILES string of the molecule is Clc1cncc(OCc2ccon2)n1. The van der Waals surface area contributed by atoms with Crippen molar-refractivity contribution in [1.82, 2.24) is 15.1 Å². The van der Waals surface area contributed by atoms with Crippen molar-refractivity contribution in [3.8, 4) is 5.88 Å². The summed E-state index contributed by atoms with van der Waals surface area (Å²) in [7, 11) is 0. The Labute approximate surface area is 84.7 Å². The van der Waals surface area contributed by atoms with Crippen LogP contribution in [0, 0.1) is 0 Å². The lowest BCUT2D eigenvalue weighted by Gasteiger charge is -2.01. The Morgan fingerprint density at radius 1 is 1.43 bits per heavy atom. The summed E-state index contributed by atoms with van der Waals surface area (Å²) in [6.45, 7) is 0.283. The van der Waals surface area contributed by atoms with Crippen molar-refractivity contribution in [3.63, 3.8) is 0 Å². The summed E-state index contributed by atoms with van der Waals surface area (Å²) >= 11 is 5.62. The van der Waals surface area contributed by atoms with Gasteiger partial charge in [0.05, 0.1) is 12.4 Å². The van der Waals surface area contributed by atoms with Gasteiger partial charge in [-0.05, 0) is 0 Å². The van der Waals surface area contributed by atoms with Crippen molar-refractivity contribution >= 4 is 11.6 Å². The van der Waals surface area contributed by atoms with Gasteiger partial charge in [-0.3, -0.25) is 4.98 Å². The molecule has 0 aromatic carbocycles. The smallest absolute Gasteiger partial charge is 0.234 e. The summed E-state index contributed by atoms with van der Waals surface area (Å²) in [5.41, 5.74) is 0.687. The Morgan fingerprint density at radius 2 is 2.36 bits per heavy atom. The van der Waals surface area contributed by atoms with E-state index in [4.69, 9.17) is 16.3 Å². The molecule has 0 amide bonds. The van der Waals surface area contributed by atoms with E-state index in [9.17, 15) is 0 Å². The minimum absolute atomic E-state index is 0.283. The van der Waals surface area contributed by atoms with Crippen LogP contribution in [0.5, 0.6) is 5.88 Å². The third-order valence-electron chi connectivity index (χ3n) is 1.44. The van der Waals surface area contributed by atoms with E-state index in [-0.39, 0.29) is 6.61 Å². The molecule has 0 saturated carbocycles. The van der Waals surface area contributed by atoms with Gasteiger partial charge in [0.15, 0.2) is 5.15 Å². The van der Waals surface area contributed by atoms with Crippen LogP contribution in [-0.2, 0) is 6.61 Å². The first kappa shape index (κ1) is 8.96. The van der Waals surface area contributed by atoms with E-state index in [1.807, 2.05) is 0 Å². The lowest BCUT2D eigenvalue weighted by Crippen LogP contribution is -1.97. The summed E-state index contributed by atoms with van der Waals surface area (Å²) in [5.74, 6) is 0.362. The van der Waals surface area contributed by atoms with E-state index in [2.05, 4.69) is 19.6 Å². The largest absolute Gasteiger partial charge is 0.470 e. The maximum absolute atomic E-state index is 5.62. The molecule has 0 spiro atoms. The molecule has 2 aromatic heterocycles. The zero-order chi connectivity index (χ0) is 9.80. The zero-order valence-electron chi connectivity index (χ0n) is 7.05. The van der Waals surface area contributed by atoms with Gasteiger partial charge < -0.3 is 9.26 Å². The fraction of sp³-hybridized carbons (Fsp3) is 0.125. The molecule has 0 fully saturated rings. The van der Waals surface area contributed by atoms with Gasteiger partial charge in [0.2, 0.25) is 5.88 Å². The maximum atomic E-state index is 5.62. The van der Waals surface area contributed by atoms with E-state index < -0.39 is 0 Å². The Balaban J connectivity index is 1.98. The molecular weight excluding hydrogens is 206 g/mol. The number of halogens is 1. The van der Waals surface area contributed by atoms with Crippen LogP contribution >= 0.6 is 11.6 Å². The van der Waals surface area contributed by atoms with Gasteiger partial charge >= 0.3 is 0 Å².